The number of methoxy groups -OCH3 is 1. The number of rotatable bonds is 5. The Morgan fingerprint density at radius 2 is 1.81 bits per heavy atom. The summed E-state index contributed by atoms with van der Waals surface area (Å²) in [6.45, 7) is 0.0732. The molecule has 1 aliphatic heterocycles. The molecule has 7 heteroatoms. The summed E-state index contributed by atoms with van der Waals surface area (Å²) < 4.78 is 18.4. The van der Waals surface area contributed by atoms with E-state index in [2.05, 4.69) is 4.98 Å². The third kappa shape index (κ3) is 3.90. The summed E-state index contributed by atoms with van der Waals surface area (Å²) in [5, 5.41) is 11.0. The lowest BCUT2D eigenvalue weighted by molar-refractivity contribution is -0.140. The van der Waals surface area contributed by atoms with Gasteiger partial charge < -0.3 is 14.7 Å². The van der Waals surface area contributed by atoms with Crippen LogP contribution in [0.25, 0.3) is 5.76 Å². The Balaban J connectivity index is 1.81. The van der Waals surface area contributed by atoms with E-state index in [1.165, 1.54) is 24.1 Å². The minimum Gasteiger partial charge on any atom is -0.507 e. The van der Waals surface area contributed by atoms with Gasteiger partial charge in [-0.05, 0) is 53.6 Å². The Bertz CT molecular complexity index is 1140. The van der Waals surface area contributed by atoms with E-state index in [4.69, 9.17) is 4.74 Å². The molecule has 1 atom stereocenters. The Labute approximate surface area is 178 Å². The molecule has 2 aromatic carbocycles. The molecule has 1 N–H and O–H groups in total. The number of hydrogen-bond donors (Lipinski definition) is 1. The van der Waals surface area contributed by atoms with Crippen LogP contribution in [0.2, 0.25) is 0 Å². The average molecular weight is 418 g/mol. The van der Waals surface area contributed by atoms with Crippen LogP contribution in [0.4, 0.5) is 4.39 Å². The number of aliphatic hydroxyl groups is 1. The monoisotopic (exact) mass is 418 g/mol. The number of benzene rings is 2. The lowest BCUT2D eigenvalue weighted by Crippen LogP contribution is -2.29. The van der Waals surface area contributed by atoms with E-state index in [0.29, 0.717) is 22.4 Å². The number of nitrogens with zero attached hydrogens (tertiary/aromatic N) is 2. The fourth-order valence-electron chi connectivity index (χ4n) is 3.62. The van der Waals surface area contributed by atoms with Crippen LogP contribution >= 0.6 is 0 Å². The molecule has 1 aliphatic rings. The lowest BCUT2D eigenvalue weighted by atomic mass is 9.96. The van der Waals surface area contributed by atoms with Gasteiger partial charge in [0.05, 0.1) is 18.7 Å². The Morgan fingerprint density at radius 3 is 2.42 bits per heavy atom. The zero-order chi connectivity index (χ0) is 22.0. The number of likely N-dealkylation sites (tertiary alicyclic amines) is 1. The smallest absolute Gasteiger partial charge is 0.295 e. The van der Waals surface area contributed by atoms with Gasteiger partial charge in [0.2, 0.25) is 0 Å². The zero-order valence-electron chi connectivity index (χ0n) is 16.7. The number of ketones is 1. The third-order valence-corrected chi connectivity index (χ3v) is 5.17. The largest absolute Gasteiger partial charge is 0.507 e. The molecule has 1 unspecified atom stereocenters. The SMILES string of the molecule is COc1ccc(/C(O)=C2/C(=O)C(=O)N(Cc3ccc(F)cc3)C2c2cccnc2)cc1. The normalized spacial score (nSPS) is 17.7. The predicted octanol–water partition coefficient (Wildman–Crippen LogP) is 3.85. The molecule has 1 aromatic heterocycles. The minimum absolute atomic E-state index is 0.0229. The van der Waals surface area contributed by atoms with Crippen molar-refractivity contribution in [2.45, 2.75) is 12.6 Å². The number of halogens is 1. The first-order valence-electron chi connectivity index (χ1n) is 9.57. The Morgan fingerprint density at radius 1 is 1.10 bits per heavy atom. The van der Waals surface area contributed by atoms with Crippen LogP contribution in [0.5, 0.6) is 5.75 Å². The molecule has 1 amide bonds. The summed E-state index contributed by atoms with van der Waals surface area (Å²) in [5.41, 5.74) is 1.60. The molecule has 6 nitrogen and oxygen atoms in total. The van der Waals surface area contributed by atoms with Gasteiger partial charge >= 0.3 is 0 Å². The van der Waals surface area contributed by atoms with Crippen LogP contribution in [-0.2, 0) is 16.1 Å². The quantitative estimate of drug-likeness (QED) is 0.387. The molecular weight excluding hydrogens is 399 g/mol. The van der Waals surface area contributed by atoms with Crippen molar-refractivity contribution in [2.24, 2.45) is 0 Å². The second-order valence-electron chi connectivity index (χ2n) is 7.07. The number of hydrogen-bond acceptors (Lipinski definition) is 5. The van der Waals surface area contributed by atoms with E-state index in [1.807, 2.05) is 0 Å². The molecule has 2 heterocycles. The summed E-state index contributed by atoms with van der Waals surface area (Å²) in [4.78, 5) is 31.4. The summed E-state index contributed by atoms with van der Waals surface area (Å²) in [6, 6.07) is 14.8. The molecule has 1 fully saturated rings. The van der Waals surface area contributed by atoms with Crippen molar-refractivity contribution in [1.82, 2.24) is 9.88 Å². The average Bonchev–Trinajstić information content (AvgIpc) is 3.05. The van der Waals surface area contributed by atoms with Crippen molar-refractivity contribution in [3.63, 3.8) is 0 Å². The molecule has 0 spiro atoms. The molecule has 0 radical (unpaired) electrons. The molecule has 1 saturated heterocycles. The van der Waals surface area contributed by atoms with Gasteiger partial charge in [-0.1, -0.05) is 18.2 Å². The first-order valence-corrected chi connectivity index (χ1v) is 9.57. The third-order valence-electron chi connectivity index (χ3n) is 5.17. The number of Topliss-reactive ketones (excluding diaryl/α,β-unsaturated/α-hetero) is 1. The summed E-state index contributed by atoms with van der Waals surface area (Å²) in [5.74, 6) is -1.61. The molecule has 3 aromatic rings. The fourth-order valence-corrected chi connectivity index (χ4v) is 3.62. The van der Waals surface area contributed by atoms with E-state index in [1.54, 1.807) is 60.9 Å². The Kier molecular flexibility index (Phi) is 5.49. The summed E-state index contributed by atoms with van der Waals surface area (Å²) in [6.07, 6.45) is 3.13. The number of pyridine rings is 1. The Hall–Kier alpha value is -4.00. The first-order chi connectivity index (χ1) is 15.0. The number of carbonyl (C=O) groups is 2. The van der Waals surface area contributed by atoms with Gasteiger partial charge in [-0.2, -0.15) is 0 Å². The molecule has 0 aliphatic carbocycles. The van der Waals surface area contributed by atoms with Crippen molar-refractivity contribution in [3.05, 3.63) is 101 Å². The number of amides is 1. The van der Waals surface area contributed by atoms with Crippen LogP contribution < -0.4 is 4.74 Å². The zero-order valence-corrected chi connectivity index (χ0v) is 16.7. The second-order valence-corrected chi connectivity index (χ2v) is 7.07. The number of aromatic nitrogens is 1. The van der Waals surface area contributed by atoms with Crippen molar-refractivity contribution in [3.8, 4) is 5.75 Å². The molecule has 0 bridgehead atoms. The van der Waals surface area contributed by atoms with Crippen LogP contribution in [0, 0.1) is 5.82 Å². The maximum Gasteiger partial charge on any atom is 0.295 e. The van der Waals surface area contributed by atoms with Crippen molar-refractivity contribution in [1.29, 1.82) is 0 Å². The standard InChI is InChI=1S/C24H19FN2O4/c1-31-19-10-6-16(7-11-19)22(28)20-21(17-3-2-12-26-13-17)27(24(30)23(20)29)14-15-4-8-18(25)9-5-15/h2-13,21,28H,14H2,1H3/b22-20-. The first kappa shape index (κ1) is 20.3. The highest BCUT2D eigenvalue weighted by Gasteiger charge is 2.46. The number of aliphatic hydroxyl groups excluding tert-OH is 1. The van der Waals surface area contributed by atoms with Gasteiger partial charge in [0.25, 0.3) is 11.7 Å². The molecule has 4 rings (SSSR count). The van der Waals surface area contributed by atoms with E-state index >= 15 is 0 Å². The van der Waals surface area contributed by atoms with Gasteiger partial charge in [0.1, 0.15) is 17.3 Å². The molecular formula is C24H19FN2O4. The van der Waals surface area contributed by atoms with Gasteiger partial charge in [0, 0.05) is 24.5 Å². The highest BCUT2D eigenvalue weighted by Crippen LogP contribution is 2.40. The van der Waals surface area contributed by atoms with Gasteiger partial charge in [-0.15, -0.1) is 0 Å². The minimum atomic E-state index is -0.833. The molecule has 156 valence electrons. The van der Waals surface area contributed by atoms with E-state index in [0.717, 1.165) is 0 Å². The summed E-state index contributed by atoms with van der Waals surface area (Å²) in [7, 11) is 1.53. The number of carbonyl (C=O) groups excluding carboxylic acids is 2. The van der Waals surface area contributed by atoms with E-state index < -0.39 is 23.5 Å². The van der Waals surface area contributed by atoms with Gasteiger partial charge in [-0.3, -0.25) is 14.6 Å². The van der Waals surface area contributed by atoms with Crippen LogP contribution in [0.1, 0.15) is 22.7 Å². The number of ether oxygens (including phenoxy) is 1. The van der Waals surface area contributed by atoms with Gasteiger partial charge in [-0.25, -0.2) is 4.39 Å². The van der Waals surface area contributed by atoms with Crippen LogP contribution in [0.15, 0.2) is 78.6 Å². The lowest BCUT2D eigenvalue weighted by Gasteiger charge is -2.25. The van der Waals surface area contributed by atoms with Crippen LogP contribution in [-0.4, -0.2) is 33.8 Å². The molecule has 0 saturated carbocycles. The van der Waals surface area contributed by atoms with E-state index in [9.17, 15) is 19.1 Å². The van der Waals surface area contributed by atoms with Crippen LogP contribution in [0.3, 0.4) is 0 Å². The maximum atomic E-state index is 13.3. The van der Waals surface area contributed by atoms with Crippen molar-refractivity contribution >= 4 is 17.4 Å². The second kappa shape index (κ2) is 8.39. The molecule has 31 heavy (non-hydrogen) atoms. The maximum absolute atomic E-state index is 13.3. The van der Waals surface area contributed by atoms with Crippen molar-refractivity contribution in [2.75, 3.05) is 7.11 Å². The summed E-state index contributed by atoms with van der Waals surface area (Å²) >= 11 is 0. The van der Waals surface area contributed by atoms with Gasteiger partial charge in [0.15, 0.2) is 0 Å². The fraction of sp³-hybridized carbons (Fsp3) is 0.125. The van der Waals surface area contributed by atoms with E-state index in [-0.39, 0.29) is 17.9 Å². The topological polar surface area (TPSA) is 79.7 Å². The highest BCUT2D eigenvalue weighted by atomic mass is 19.1. The highest BCUT2D eigenvalue weighted by molar-refractivity contribution is 6.46. The predicted molar refractivity (Wildman–Crippen MR) is 111 cm³/mol. The van der Waals surface area contributed by atoms with Crippen molar-refractivity contribution < 1.29 is 23.8 Å².